The van der Waals surface area contributed by atoms with E-state index in [-0.39, 0.29) is 12.2 Å². The fraction of sp³-hybridized carbons (Fsp3) is 0.429. The number of hydrogen-bond donors (Lipinski definition) is 1. The van der Waals surface area contributed by atoms with E-state index in [9.17, 15) is 4.79 Å². The van der Waals surface area contributed by atoms with Gasteiger partial charge in [0.25, 0.3) is 11.6 Å². The number of hydrogen-bond acceptors (Lipinski definition) is 8. The van der Waals surface area contributed by atoms with Crippen LogP contribution in [0, 0.1) is 6.92 Å². The van der Waals surface area contributed by atoms with E-state index in [0.717, 1.165) is 24.8 Å². The van der Waals surface area contributed by atoms with Gasteiger partial charge in [-0.3, -0.25) is 4.79 Å². The van der Waals surface area contributed by atoms with Crippen LogP contribution in [0.4, 0.5) is 0 Å². The molecule has 9 heteroatoms. The van der Waals surface area contributed by atoms with Crippen molar-refractivity contribution in [3.63, 3.8) is 0 Å². The van der Waals surface area contributed by atoms with Crippen LogP contribution in [0.2, 0.25) is 0 Å². The number of benzene rings is 1. The normalized spacial score (nSPS) is 17.1. The Morgan fingerprint density at radius 2 is 2.00 bits per heavy atom. The van der Waals surface area contributed by atoms with E-state index in [0.29, 0.717) is 35.0 Å². The molecule has 0 radical (unpaired) electrons. The van der Waals surface area contributed by atoms with Crippen LogP contribution in [0.15, 0.2) is 35.1 Å². The lowest BCUT2D eigenvalue weighted by Crippen LogP contribution is -2.42. The summed E-state index contributed by atoms with van der Waals surface area (Å²) in [6.07, 6.45) is 3.79. The quantitative estimate of drug-likeness (QED) is 0.612. The molecule has 3 heterocycles. The molecule has 1 saturated heterocycles. The lowest BCUT2D eigenvalue weighted by molar-refractivity contribution is -0.202. The predicted molar refractivity (Wildman–Crippen MR) is 107 cm³/mol. The monoisotopic (exact) mass is 412 g/mol. The zero-order valence-corrected chi connectivity index (χ0v) is 17.2. The summed E-state index contributed by atoms with van der Waals surface area (Å²) in [6.45, 7) is 6.11. The number of amides is 1. The van der Waals surface area contributed by atoms with Crippen LogP contribution in [0.1, 0.15) is 44.4 Å². The van der Waals surface area contributed by atoms with E-state index in [1.807, 2.05) is 26.0 Å². The SMILES string of the molecule is Cc1noc2ncnc(Oc3ccc(C(C)(C)C(=O)NOC4CCCCO4)cc3)c12. The largest absolute Gasteiger partial charge is 0.438 e. The Balaban J connectivity index is 1.44. The highest BCUT2D eigenvalue weighted by Crippen LogP contribution is 2.31. The molecule has 1 N–H and O–H groups in total. The molecule has 0 aliphatic carbocycles. The molecule has 2 aromatic heterocycles. The molecule has 1 aromatic carbocycles. The first-order chi connectivity index (χ1) is 14.4. The van der Waals surface area contributed by atoms with Crippen LogP contribution in [0.5, 0.6) is 11.6 Å². The molecule has 1 aliphatic rings. The lowest BCUT2D eigenvalue weighted by Gasteiger charge is -2.27. The van der Waals surface area contributed by atoms with Gasteiger partial charge in [-0.05, 0) is 51.3 Å². The van der Waals surface area contributed by atoms with Gasteiger partial charge in [0.1, 0.15) is 17.5 Å². The van der Waals surface area contributed by atoms with Crippen molar-refractivity contribution in [2.75, 3.05) is 6.61 Å². The third-order valence-electron chi connectivity index (χ3n) is 5.19. The zero-order valence-electron chi connectivity index (χ0n) is 17.2. The molecule has 1 unspecified atom stereocenters. The van der Waals surface area contributed by atoms with Crippen molar-refractivity contribution in [3.05, 3.63) is 41.9 Å². The summed E-state index contributed by atoms with van der Waals surface area (Å²) in [5, 5.41) is 4.52. The molecule has 158 valence electrons. The average molecular weight is 412 g/mol. The summed E-state index contributed by atoms with van der Waals surface area (Å²) in [7, 11) is 0. The summed E-state index contributed by atoms with van der Waals surface area (Å²) in [5.74, 6) is 0.690. The van der Waals surface area contributed by atoms with Gasteiger partial charge in [0.2, 0.25) is 5.88 Å². The van der Waals surface area contributed by atoms with Gasteiger partial charge in [-0.25, -0.2) is 15.3 Å². The van der Waals surface area contributed by atoms with Gasteiger partial charge in [0.05, 0.1) is 11.1 Å². The van der Waals surface area contributed by atoms with Crippen LogP contribution in [-0.4, -0.2) is 33.9 Å². The Bertz CT molecular complexity index is 1030. The second-order valence-electron chi connectivity index (χ2n) is 7.72. The van der Waals surface area contributed by atoms with Crippen LogP contribution in [0.3, 0.4) is 0 Å². The van der Waals surface area contributed by atoms with Crippen LogP contribution >= 0.6 is 0 Å². The summed E-state index contributed by atoms with van der Waals surface area (Å²) in [6, 6.07) is 7.24. The highest BCUT2D eigenvalue weighted by molar-refractivity contribution is 5.86. The van der Waals surface area contributed by atoms with Gasteiger partial charge in [-0.15, -0.1) is 0 Å². The number of rotatable bonds is 6. The number of hydroxylamine groups is 1. The minimum absolute atomic E-state index is 0.247. The van der Waals surface area contributed by atoms with Crippen molar-refractivity contribution in [1.82, 2.24) is 20.6 Å². The first-order valence-corrected chi connectivity index (χ1v) is 9.88. The van der Waals surface area contributed by atoms with Gasteiger partial charge in [0.15, 0.2) is 6.29 Å². The summed E-state index contributed by atoms with van der Waals surface area (Å²) in [4.78, 5) is 26.3. The van der Waals surface area contributed by atoms with Crippen LogP contribution < -0.4 is 10.2 Å². The maximum atomic E-state index is 12.7. The summed E-state index contributed by atoms with van der Waals surface area (Å²) in [5.41, 5.74) is 3.57. The zero-order chi connectivity index (χ0) is 21.1. The topological polar surface area (TPSA) is 109 Å². The smallest absolute Gasteiger partial charge is 0.264 e. The Morgan fingerprint density at radius 3 is 2.73 bits per heavy atom. The van der Waals surface area contributed by atoms with E-state index in [4.69, 9.17) is 18.8 Å². The molecule has 1 aliphatic heterocycles. The third-order valence-corrected chi connectivity index (χ3v) is 5.19. The molecule has 1 fully saturated rings. The third kappa shape index (κ3) is 4.12. The minimum atomic E-state index is -0.805. The molecule has 0 saturated carbocycles. The number of aryl methyl sites for hydroxylation is 1. The molecular weight excluding hydrogens is 388 g/mol. The average Bonchev–Trinajstić information content (AvgIpc) is 3.15. The van der Waals surface area contributed by atoms with Crippen molar-refractivity contribution < 1.29 is 23.6 Å². The number of carbonyl (C=O) groups is 1. The number of aromatic nitrogens is 3. The second-order valence-corrected chi connectivity index (χ2v) is 7.72. The fourth-order valence-corrected chi connectivity index (χ4v) is 3.20. The van der Waals surface area contributed by atoms with Gasteiger partial charge in [0, 0.05) is 13.0 Å². The number of fused-ring (bicyclic) bond motifs is 1. The van der Waals surface area contributed by atoms with Crippen molar-refractivity contribution in [2.24, 2.45) is 0 Å². The van der Waals surface area contributed by atoms with Gasteiger partial charge < -0.3 is 14.0 Å². The molecular formula is C21H24N4O5. The van der Waals surface area contributed by atoms with Crippen molar-refractivity contribution >= 4 is 17.0 Å². The molecule has 1 amide bonds. The molecule has 0 spiro atoms. The van der Waals surface area contributed by atoms with Crippen molar-refractivity contribution in [2.45, 2.75) is 51.7 Å². The van der Waals surface area contributed by atoms with Crippen LogP contribution in [0.25, 0.3) is 11.1 Å². The molecule has 1 atom stereocenters. The maximum absolute atomic E-state index is 12.7. The number of nitrogens with one attached hydrogen (secondary N) is 1. The maximum Gasteiger partial charge on any atom is 0.264 e. The van der Waals surface area contributed by atoms with Crippen LogP contribution in [-0.2, 0) is 19.8 Å². The van der Waals surface area contributed by atoms with Gasteiger partial charge in [-0.2, -0.15) is 4.98 Å². The highest BCUT2D eigenvalue weighted by Gasteiger charge is 2.31. The molecule has 9 nitrogen and oxygen atoms in total. The van der Waals surface area contributed by atoms with Crippen molar-refractivity contribution in [1.29, 1.82) is 0 Å². The van der Waals surface area contributed by atoms with Gasteiger partial charge >= 0.3 is 0 Å². The Kier molecular flexibility index (Phi) is 5.65. The number of nitrogens with zero attached hydrogens (tertiary/aromatic N) is 3. The minimum Gasteiger partial charge on any atom is -0.438 e. The van der Waals surface area contributed by atoms with E-state index in [1.54, 1.807) is 19.1 Å². The molecule has 30 heavy (non-hydrogen) atoms. The molecule has 4 rings (SSSR count). The molecule has 0 bridgehead atoms. The van der Waals surface area contributed by atoms with E-state index >= 15 is 0 Å². The Hall–Kier alpha value is -3.04. The predicted octanol–water partition coefficient (Wildman–Crippen LogP) is 3.57. The second kappa shape index (κ2) is 8.37. The molecule has 3 aromatic rings. The Labute approximate surface area is 173 Å². The fourth-order valence-electron chi connectivity index (χ4n) is 3.20. The van der Waals surface area contributed by atoms with Gasteiger partial charge in [-0.1, -0.05) is 17.3 Å². The number of carbonyl (C=O) groups excluding carboxylic acids is 1. The van der Waals surface area contributed by atoms with Crippen molar-refractivity contribution in [3.8, 4) is 11.6 Å². The summed E-state index contributed by atoms with van der Waals surface area (Å²) >= 11 is 0. The van der Waals surface area contributed by atoms with E-state index in [2.05, 4.69) is 20.6 Å². The Morgan fingerprint density at radius 1 is 1.20 bits per heavy atom. The van der Waals surface area contributed by atoms with E-state index < -0.39 is 5.41 Å². The lowest BCUT2D eigenvalue weighted by atomic mass is 9.84. The summed E-state index contributed by atoms with van der Waals surface area (Å²) < 4.78 is 16.5. The number of ether oxygens (including phenoxy) is 2. The first kappa shape index (κ1) is 20.2. The first-order valence-electron chi connectivity index (χ1n) is 9.88. The standard InChI is InChI=1S/C21H24N4O5/c1-13-17-18(22-12-23-19(17)30-24-13)28-15-9-7-14(8-10-15)21(2,3)20(26)25-29-16-6-4-5-11-27-16/h7-10,12,16H,4-6,11H2,1-3H3,(H,25,26). The highest BCUT2D eigenvalue weighted by atomic mass is 16.8. The van der Waals surface area contributed by atoms with E-state index in [1.165, 1.54) is 6.33 Å².